The van der Waals surface area contributed by atoms with Crippen LogP contribution in [0.2, 0.25) is 5.02 Å². The minimum absolute atomic E-state index is 0.133. The maximum absolute atomic E-state index is 13.1. The summed E-state index contributed by atoms with van der Waals surface area (Å²) in [7, 11) is 0. The predicted octanol–water partition coefficient (Wildman–Crippen LogP) is 2.96. The van der Waals surface area contributed by atoms with E-state index in [4.69, 9.17) is 22.1 Å². The first-order valence-corrected chi connectivity index (χ1v) is 11.2. The molecule has 11 nitrogen and oxygen atoms in total. The molecule has 1 unspecified atom stereocenters. The highest BCUT2D eigenvalue weighted by Gasteiger charge is 2.38. The Balaban J connectivity index is 1.50. The molecule has 1 aliphatic rings. The van der Waals surface area contributed by atoms with Crippen molar-refractivity contribution in [3.63, 3.8) is 0 Å². The predicted molar refractivity (Wildman–Crippen MR) is 131 cm³/mol. The van der Waals surface area contributed by atoms with Crippen LogP contribution in [0.4, 0.5) is 15.3 Å². The Bertz CT molecular complexity index is 1250. The van der Waals surface area contributed by atoms with Gasteiger partial charge in [-0.2, -0.15) is 0 Å². The van der Waals surface area contributed by atoms with Gasteiger partial charge in [0.1, 0.15) is 11.5 Å². The number of aliphatic hydroxyl groups is 1. The van der Waals surface area contributed by atoms with Crippen molar-refractivity contribution in [1.82, 2.24) is 20.1 Å². The van der Waals surface area contributed by atoms with Crippen molar-refractivity contribution in [3.05, 3.63) is 83.1 Å². The van der Waals surface area contributed by atoms with E-state index >= 15 is 0 Å². The molecule has 2 heterocycles. The molecule has 5 amide bonds. The number of aromatic nitrogens is 1. The molecule has 4 rings (SSSR count). The molecule has 1 saturated heterocycles. The lowest BCUT2D eigenvalue weighted by molar-refractivity contribution is 0.0987. The second-order valence-corrected chi connectivity index (χ2v) is 8.24. The highest BCUT2D eigenvalue weighted by molar-refractivity contribution is 6.30. The summed E-state index contributed by atoms with van der Waals surface area (Å²) in [6.45, 7) is -0.308. The number of carbonyl (C=O) groups excluding carboxylic acids is 3. The van der Waals surface area contributed by atoms with E-state index in [1.807, 2.05) is 0 Å². The van der Waals surface area contributed by atoms with Crippen LogP contribution >= 0.6 is 11.6 Å². The first kappa shape index (κ1) is 24.8. The number of carbonyl (C=O) groups is 3. The number of imide groups is 1. The van der Waals surface area contributed by atoms with Crippen molar-refractivity contribution in [2.75, 3.05) is 18.5 Å². The third-order valence-corrected chi connectivity index (χ3v) is 5.53. The van der Waals surface area contributed by atoms with Gasteiger partial charge in [0, 0.05) is 16.9 Å². The number of rotatable bonds is 9. The lowest BCUT2D eigenvalue weighted by Crippen LogP contribution is -2.67. The molecule has 3 aromatic rings. The molecule has 1 fully saturated rings. The summed E-state index contributed by atoms with van der Waals surface area (Å²) in [5.74, 6) is 0.201. The average Bonchev–Trinajstić information content (AvgIpc) is 2.86. The largest absolute Gasteiger partial charge is 0.456 e. The number of hydrogen-bond donors (Lipinski definition) is 4. The van der Waals surface area contributed by atoms with E-state index in [0.717, 1.165) is 10.5 Å². The fourth-order valence-electron chi connectivity index (χ4n) is 3.50. The smallest absolute Gasteiger partial charge is 0.331 e. The molecule has 1 atom stereocenters. The molecular formula is C24H23ClN6O5. The normalized spacial score (nSPS) is 15.4. The lowest BCUT2D eigenvalue weighted by atomic mass is 10.2. The van der Waals surface area contributed by atoms with Gasteiger partial charge >= 0.3 is 12.1 Å². The molecule has 12 heteroatoms. The van der Waals surface area contributed by atoms with E-state index in [-0.39, 0.29) is 25.3 Å². The molecule has 186 valence electrons. The van der Waals surface area contributed by atoms with Crippen molar-refractivity contribution in [3.8, 4) is 11.5 Å². The topological polar surface area (TPSA) is 150 Å². The zero-order valence-corrected chi connectivity index (χ0v) is 19.7. The molecule has 0 radical (unpaired) electrons. The molecular weight excluding hydrogens is 488 g/mol. The number of hydrogen-bond acceptors (Lipinski definition) is 7. The van der Waals surface area contributed by atoms with Crippen molar-refractivity contribution < 1.29 is 24.2 Å². The van der Waals surface area contributed by atoms with E-state index in [0.29, 0.717) is 22.2 Å². The number of pyridine rings is 1. The summed E-state index contributed by atoms with van der Waals surface area (Å²) in [6, 6.07) is 14.1. The summed E-state index contributed by atoms with van der Waals surface area (Å²) in [5.41, 5.74) is 6.90. The quantitative estimate of drug-likeness (QED) is 0.345. The zero-order valence-electron chi connectivity index (χ0n) is 18.9. The van der Waals surface area contributed by atoms with Gasteiger partial charge in [-0.1, -0.05) is 23.7 Å². The first-order valence-electron chi connectivity index (χ1n) is 10.9. The number of halogens is 1. The Kier molecular flexibility index (Phi) is 7.52. The molecule has 0 spiro atoms. The third kappa shape index (κ3) is 5.82. The highest BCUT2D eigenvalue weighted by atomic mass is 35.5. The summed E-state index contributed by atoms with van der Waals surface area (Å²) >= 11 is 5.97. The zero-order chi connectivity index (χ0) is 25.7. The van der Waals surface area contributed by atoms with Crippen LogP contribution in [0, 0.1) is 0 Å². The molecule has 36 heavy (non-hydrogen) atoms. The minimum Gasteiger partial charge on any atom is -0.456 e. The number of primary amides is 1. The number of β-amino-alcohol motifs (C(OH)–C–C–N with tert-alkyl or cyclic N) is 1. The van der Waals surface area contributed by atoms with Crippen LogP contribution in [-0.4, -0.2) is 57.3 Å². The number of benzene rings is 2. The molecule has 0 bridgehead atoms. The minimum atomic E-state index is -0.862. The maximum Gasteiger partial charge on any atom is 0.331 e. The monoisotopic (exact) mass is 510 g/mol. The average molecular weight is 511 g/mol. The number of nitrogens with one attached hydrogen (secondary N) is 2. The third-order valence-electron chi connectivity index (χ3n) is 5.27. The molecule has 1 aliphatic heterocycles. The standard InChI is InChI=1S/C24H23ClN6O5/c25-17-3-1-15(2-4-17)14-31-22(29-23(34)30(9-10-32)24(31)35)28-18-5-7-19(8-6-18)36-20-11-16(21(26)33)12-27-13-20/h1-8,11-13,22,28,32H,9-10,14H2,(H2,26,33)(H,29,34). The van der Waals surface area contributed by atoms with E-state index < -0.39 is 24.3 Å². The molecule has 5 N–H and O–H groups in total. The van der Waals surface area contributed by atoms with Crippen LogP contribution in [-0.2, 0) is 6.54 Å². The SMILES string of the molecule is NC(=O)c1cncc(Oc2ccc(NC3NC(=O)N(CCO)C(=O)N3Cc3ccc(Cl)cc3)cc2)c1. The van der Waals surface area contributed by atoms with Crippen LogP contribution in [0.1, 0.15) is 15.9 Å². The van der Waals surface area contributed by atoms with Crippen LogP contribution < -0.4 is 21.1 Å². The van der Waals surface area contributed by atoms with Crippen molar-refractivity contribution in [2.45, 2.75) is 12.8 Å². The summed E-state index contributed by atoms with van der Waals surface area (Å²) in [6.07, 6.45) is 1.94. The van der Waals surface area contributed by atoms with Crippen molar-refractivity contribution in [1.29, 1.82) is 0 Å². The Morgan fingerprint density at radius 2 is 1.83 bits per heavy atom. The molecule has 2 aromatic carbocycles. The van der Waals surface area contributed by atoms with E-state index in [1.165, 1.54) is 23.4 Å². The van der Waals surface area contributed by atoms with Crippen LogP contribution in [0.5, 0.6) is 11.5 Å². The first-order chi connectivity index (χ1) is 17.3. The van der Waals surface area contributed by atoms with Crippen LogP contribution in [0.25, 0.3) is 0 Å². The number of aliphatic hydroxyl groups excluding tert-OH is 1. The van der Waals surface area contributed by atoms with Crippen LogP contribution in [0.15, 0.2) is 67.0 Å². The fourth-order valence-corrected chi connectivity index (χ4v) is 3.63. The van der Waals surface area contributed by atoms with Gasteiger partial charge < -0.3 is 20.9 Å². The van der Waals surface area contributed by atoms with E-state index in [9.17, 15) is 19.5 Å². The Hall–Kier alpha value is -4.35. The summed E-state index contributed by atoms with van der Waals surface area (Å²) < 4.78 is 5.73. The Labute approximate surface area is 211 Å². The van der Waals surface area contributed by atoms with Crippen molar-refractivity contribution >= 4 is 35.3 Å². The summed E-state index contributed by atoms with van der Waals surface area (Å²) in [5, 5.41) is 15.7. The second-order valence-electron chi connectivity index (χ2n) is 7.81. The fraction of sp³-hybridized carbons (Fsp3) is 0.167. The van der Waals surface area contributed by atoms with Gasteiger partial charge in [0.15, 0.2) is 6.29 Å². The number of ether oxygens (including phenoxy) is 1. The van der Waals surface area contributed by atoms with Gasteiger partial charge in [0.2, 0.25) is 5.91 Å². The maximum atomic E-state index is 13.1. The molecule has 0 saturated carbocycles. The van der Waals surface area contributed by atoms with Crippen molar-refractivity contribution in [2.24, 2.45) is 5.73 Å². The highest BCUT2D eigenvalue weighted by Crippen LogP contribution is 2.24. The number of anilines is 1. The number of urea groups is 2. The van der Waals surface area contributed by atoms with Gasteiger partial charge in [0.05, 0.1) is 31.5 Å². The van der Waals surface area contributed by atoms with Gasteiger partial charge in [-0.15, -0.1) is 0 Å². The summed E-state index contributed by atoms with van der Waals surface area (Å²) in [4.78, 5) is 43.2. The van der Waals surface area contributed by atoms with Crippen LogP contribution in [0.3, 0.4) is 0 Å². The Morgan fingerprint density at radius 3 is 2.50 bits per heavy atom. The van der Waals surface area contributed by atoms with E-state index in [2.05, 4.69) is 15.6 Å². The second kappa shape index (κ2) is 10.9. The van der Waals surface area contributed by atoms with E-state index in [1.54, 1.807) is 48.5 Å². The van der Waals surface area contributed by atoms with Gasteiger partial charge in [0.25, 0.3) is 0 Å². The molecule has 0 aliphatic carbocycles. The number of amides is 5. The molecule has 1 aromatic heterocycles. The van der Waals surface area contributed by atoms with Gasteiger partial charge in [-0.05, 0) is 48.0 Å². The Morgan fingerprint density at radius 1 is 1.11 bits per heavy atom. The van der Waals surface area contributed by atoms with Gasteiger partial charge in [-0.3, -0.25) is 20.0 Å². The number of nitrogens with zero attached hydrogens (tertiary/aromatic N) is 3. The lowest BCUT2D eigenvalue weighted by Gasteiger charge is -2.41. The number of nitrogens with two attached hydrogens (primary N) is 1. The van der Waals surface area contributed by atoms with Gasteiger partial charge in [-0.25, -0.2) is 14.5 Å².